The minimum atomic E-state index is -0.380. The maximum Gasteiger partial charge on any atom is 0.225 e. The summed E-state index contributed by atoms with van der Waals surface area (Å²) >= 11 is 0. The fourth-order valence-electron chi connectivity index (χ4n) is 4.52. The van der Waals surface area contributed by atoms with E-state index < -0.39 is 0 Å². The van der Waals surface area contributed by atoms with E-state index in [0.717, 1.165) is 19.6 Å². The molecule has 6 heteroatoms. The summed E-state index contributed by atoms with van der Waals surface area (Å²) in [6.45, 7) is 2.86. The molecule has 1 aliphatic heterocycles. The van der Waals surface area contributed by atoms with Gasteiger partial charge in [-0.25, -0.2) is 14.4 Å². The molecule has 0 bridgehead atoms. The van der Waals surface area contributed by atoms with Crippen molar-refractivity contribution in [2.24, 2.45) is 11.8 Å². The Bertz CT molecular complexity index is 693. The van der Waals surface area contributed by atoms with Crippen LogP contribution in [0.3, 0.4) is 0 Å². The van der Waals surface area contributed by atoms with Gasteiger partial charge in [0.15, 0.2) is 5.82 Å². The highest BCUT2D eigenvalue weighted by atomic mass is 19.1. The third-order valence-electron chi connectivity index (χ3n) is 5.67. The number of anilines is 1. The topological polar surface area (TPSA) is 45.2 Å². The molecule has 1 aliphatic carbocycles. The van der Waals surface area contributed by atoms with E-state index in [9.17, 15) is 4.39 Å². The van der Waals surface area contributed by atoms with Crippen LogP contribution in [0.1, 0.15) is 24.8 Å². The maximum absolute atomic E-state index is 13.1. The van der Waals surface area contributed by atoms with Gasteiger partial charge in [-0.2, -0.15) is 0 Å². The average molecular weight is 341 g/mol. The lowest BCUT2D eigenvalue weighted by Gasteiger charge is -2.39. The van der Waals surface area contributed by atoms with Gasteiger partial charge in [0.2, 0.25) is 5.95 Å². The van der Waals surface area contributed by atoms with E-state index in [2.05, 4.69) is 37.9 Å². The van der Waals surface area contributed by atoms with Gasteiger partial charge < -0.3 is 4.90 Å². The summed E-state index contributed by atoms with van der Waals surface area (Å²) in [4.78, 5) is 17.3. The SMILES string of the molecule is CN(Cc1cccnc1)[C@@H]1CCC[C@@H]2CN(c3ncc(F)cn3)C[C@@H]21. The van der Waals surface area contributed by atoms with E-state index in [1.54, 1.807) is 0 Å². The molecule has 3 atom stereocenters. The lowest BCUT2D eigenvalue weighted by Crippen LogP contribution is -2.43. The van der Waals surface area contributed by atoms with Crippen LogP contribution < -0.4 is 4.90 Å². The van der Waals surface area contributed by atoms with Crippen molar-refractivity contribution >= 4 is 5.95 Å². The van der Waals surface area contributed by atoms with Gasteiger partial charge >= 0.3 is 0 Å². The summed E-state index contributed by atoms with van der Waals surface area (Å²) in [6.07, 6.45) is 10.0. The van der Waals surface area contributed by atoms with Gasteiger partial charge in [0, 0.05) is 38.1 Å². The number of halogens is 1. The predicted octanol–water partition coefficient (Wildman–Crippen LogP) is 2.75. The third-order valence-corrected chi connectivity index (χ3v) is 5.67. The van der Waals surface area contributed by atoms with Crippen molar-refractivity contribution in [3.63, 3.8) is 0 Å². The summed E-state index contributed by atoms with van der Waals surface area (Å²) in [5.41, 5.74) is 1.25. The first-order valence-electron chi connectivity index (χ1n) is 9.02. The molecule has 132 valence electrons. The highest BCUT2D eigenvalue weighted by Crippen LogP contribution is 2.39. The van der Waals surface area contributed by atoms with Crippen LogP contribution >= 0.6 is 0 Å². The first kappa shape index (κ1) is 16.4. The molecule has 2 aliphatic rings. The highest BCUT2D eigenvalue weighted by Gasteiger charge is 2.42. The molecule has 2 aromatic heterocycles. The quantitative estimate of drug-likeness (QED) is 0.856. The molecule has 0 radical (unpaired) electrons. The normalized spacial score (nSPS) is 26.0. The number of fused-ring (bicyclic) bond motifs is 1. The Morgan fingerprint density at radius 1 is 1.20 bits per heavy atom. The number of hydrogen-bond donors (Lipinski definition) is 0. The zero-order chi connectivity index (χ0) is 17.2. The Kier molecular flexibility index (Phi) is 4.61. The Morgan fingerprint density at radius 2 is 2.04 bits per heavy atom. The maximum atomic E-state index is 13.1. The molecule has 0 amide bonds. The van der Waals surface area contributed by atoms with Crippen molar-refractivity contribution in [3.05, 3.63) is 48.3 Å². The largest absolute Gasteiger partial charge is 0.340 e. The molecule has 0 unspecified atom stereocenters. The smallest absolute Gasteiger partial charge is 0.225 e. The van der Waals surface area contributed by atoms with E-state index in [1.165, 1.54) is 37.2 Å². The third kappa shape index (κ3) is 3.49. The highest BCUT2D eigenvalue weighted by molar-refractivity contribution is 5.32. The van der Waals surface area contributed by atoms with Crippen molar-refractivity contribution in [3.8, 4) is 0 Å². The van der Waals surface area contributed by atoms with Gasteiger partial charge in [-0.3, -0.25) is 9.88 Å². The van der Waals surface area contributed by atoms with Crippen LogP contribution in [0.4, 0.5) is 10.3 Å². The van der Waals surface area contributed by atoms with Gasteiger partial charge in [0.05, 0.1) is 12.4 Å². The molecule has 0 aromatic carbocycles. The van der Waals surface area contributed by atoms with Gasteiger partial charge in [-0.15, -0.1) is 0 Å². The Morgan fingerprint density at radius 3 is 2.80 bits per heavy atom. The molecule has 1 saturated carbocycles. The van der Waals surface area contributed by atoms with Crippen molar-refractivity contribution in [1.82, 2.24) is 19.9 Å². The van der Waals surface area contributed by atoms with Crippen LogP contribution in [-0.4, -0.2) is 46.0 Å². The molecule has 2 fully saturated rings. The van der Waals surface area contributed by atoms with Gasteiger partial charge in [0.1, 0.15) is 0 Å². The minimum Gasteiger partial charge on any atom is -0.340 e. The zero-order valence-corrected chi connectivity index (χ0v) is 14.6. The number of hydrogen-bond acceptors (Lipinski definition) is 5. The van der Waals surface area contributed by atoms with Gasteiger partial charge in [-0.05, 0) is 43.4 Å². The predicted molar refractivity (Wildman–Crippen MR) is 94.5 cm³/mol. The number of nitrogens with zero attached hydrogens (tertiary/aromatic N) is 5. The average Bonchev–Trinajstić information content (AvgIpc) is 3.07. The van der Waals surface area contributed by atoms with E-state index in [-0.39, 0.29) is 5.82 Å². The molecule has 3 heterocycles. The molecule has 5 nitrogen and oxygen atoms in total. The second-order valence-electron chi connectivity index (χ2n) is 7.30. The Labute approximate surface area is 147 Å². The number of aromatic nitrogens is 3. The summed E-state index contributed by atoms with van der Waals surface area (Å²) in [5.74, 6) is 1.56. The van der Waals surface area contributed by atoms with Gasteiger partial charge in [0.25, 0.3) is 0 Å². The van der Waals surface area contributed by atoms with Crippen LogP contribution in [0.15, 0.2) is 36.9 Å². The van der Waals surface area contributed by atoms with Crippen LogP contribution in [0, 0.1) is 17.7 Å². The van der Waals surface area contributed by atoms with Crippen LogP contribution in [-0.2, 0) is 6.54 Å². The molecule has 1 saturated heterocycles. The van der Waals surface area contributed by atoms with E-state index in [4.69, 9.17) is 0 Å². The van der Waals surface area contributed by atoms with E-state index in [0.29, 0.717) is 23.8 Å². The van der Waals surface area contributed by atoms with Gasteiger partial charge in [-0.1, -0.05) is 12.5 Å². The van der Waals surface area contributed by atoms with Crippen LogP contribution in [0.5, 0.6) is 0 Å². The Hall–Kier alpha value is -2.08. The number of rotatable bonds is 4. The summed E-state index contributed by atoms with van der Waals surface area (Å²) in [5, 5.41) is 0. The lowest BCUT2D eigenvalue weighted by molar-refractivity contribution is 0.106. The number of pyridine rings is 1. The fourth-order valence-corrected chi connectivity index (χ4v) is 4.52. The second-order valence-corrected chi connectivity index (χ2v) is 7.30. The minimum absolute atomic E-state index is 0.380. The van der Waals surface area contributed by atoms with E-state index in [1.807, 2.05) is 18.5 Å². The molecule has 0 N–H and O–H groups in total. The second kappa shape index (κ2) is 7.04. The summed E-state index contributed by atoms with van der Waals surface area (Å²) in [7, 11) is 2.22. The first-order valence-corrected chi connectivity index (χ1v) is 9.02. The molecule has 25 heavy (non-hydrogen) atoms. The summed E-state index contributed by atoms with van der Waals surface area (Å²) in [6, 6.07) is 4.69. The van der Waals surface area contributed by atoms with Crippen LogP contribution in [0.2, 0.25) is 0 Å². The van der Waals surface area contributed by atoms with Crippen LogP contribution in [0.25, 0.3) is 0 Å². The molecule has 2 aromatic rings. The fraction of sp³-hybridized carbons (Fsp3) is 0.526. The first-order chi connectivity index (χ1) is 12.2. The van der Waals surface area contributed by atoms with E-state index >= 15 is 0 Å². The molecular formula is C19H24FN5. The summed E-state index contributed by atoms with van der Waals surface area (Å²) < 4.78 is 13.1. The molecular weight excluding hydrogens is 317 g/mol. The monoisotopic (exact) mass is 341 g/mol. The van der Waals surface area contributed by atoms with Crippen molar-refractivity contribution in [2.45, 2.75) is 31.8 Å². The standard InChI is InChI=1S/C19H24FN5/c1-24(11-14-4-3-7-21-8-14)18-6-2-5-15-12-25(13-17(15)18)19-22-9-16(20)10-23-19/h3-4,7-10,15,17-18H,2,5-6,11-13H2,1H3/t15-,17+,18-/m1/s1. The molecule has 4 rings (SSSR count). The lowest BCUT2D eigenvalue weighted by atomic mass is 9.77. The van der Waals surface area contributed by atoms with Crippen molar-refractivity contribution in [2.75, 3.05) is 25.0 Å². The van der Waals surface area contributed by atoms with Crippen molar-refractivity contribution < 1.29 is 4.39 Å². The Balaban J connectivity index is 1.46. The zero-order valence-electron chi connectivity index (χ0n) is 14.6. The molecule has 0 spiro atoms. The van der Waals surface area contributed by atoms with Crippen molar-refractivity contribution in [1.29, 1.82) is 0 Å².